The number of carbonyl (C=O) groups excluding carboxylic acids is 1. The Kier molecular flexibility index (Phi) is 5.14. The van der Waals surface area contributed by atoms with Crippen molar-refractivity contribution >= 4 is 17.5 Å². The molecule has 0 aliphatic heterocycles. The molecule has 0 bridgehead atoms. The second kappa shape index (κ2) is 7.34. The van der Waals surface area contributed by atoms with Crippen LogP contribution in [0.3, 0.4) is 0 Å². The second-order valence-corrected chi connectivity index (χ2v) is 7.65. The molecule has 1 N–H and O–H groups in total. The van der Waals surface area contributed by atoms with Crippen LogP contribution in [-0.2, 0) is 12.0 Å². The minimum Gasteiger partial charge on any atom is -0.355 e. The van der Waals surface area contributed by atoms with E-state index in [1.165, 1.54) is 5.56 Å². The molecule has 0 saturated heterocycles. The summed E-state index contributed by atoms with van der Waals surface area (Å²) in [4.78, 5) is 12.3. The van der Waals surface area contributed by atoms with E-state index < -0.39 is 0 Å². The summed E-state index contributed by atoms with van der Waals surface area (Å²) < 4.78 is 5.34. The van der Waals surface area contributed by atoms with Crippen LogP contribution in [0.1, 0.15) is 42.4 Å². The van der Waals surface area contributed by atoms with Crippen molar-refractivity contribution in [3.8, 4) is 11.3 Å². The van der Waals surface area contributed by atoms with Gasteiger partial charge in [0.2, 0.25) is 0 Å². The molecule has 2 aromatic carbocycles. The third-order valence-electron chi connectivity index (χ3n) is 4.12. The topological polar surface area (TPSA) is 55.1 Å². The summed E-state index contributed by atoms with van der Waals surface area (Å²) in [6.07, 6.45) is 0. The van der Waals surface area contributed by atoms with Gasteiger partial charge in [0.15, 0.2) is 11.5 Å². The van der Waals surface area contributed by atoms with Crippen molar-refractivity contribution in [3.05, 3.63) is 76.4 Å². The first-order chi connectivity index (χ1) is 12.3. The maximum absolute atomic E-state index is 12.3. The molecule has 0 radical (unpaired) electrons. The molecule has 1 heterocycles. The Morgan fingerprint density at radius 3 is 2.50 bits per heavy atom. The smallest absolute Gasteiger partial charge is 0.273 e. The number of hydrogen-bond donors (Lipinski definition) is 1. The summed E-state index contributed by atoms with van der Waals surface area (Å²) in [7, 11) is 0. The lowest BCUT2D eigenvalue weighted by Gasteiger charge is -2.18. The van der Waals surface area contributed by atoms with Crippen LogP contribution in [0, 0.1) is 0 Å². The Labute approximate surface area is 158 Å². The molecule has 0 spiro atoms. The van der Waals surface area contributed by atoms with Gasteiger partial charge in [-0.05, 0) is 28.7 Å². The molecule has 3 aromatic rings. The highest BCUT2D eigenvalue weighted by atomic mass is 35.5. The van der Waals surface area contributed by atoms with Gasteiger partial charge >= 0.3 is 0 Å². The average molecular weight is 369 g/mol. The third-order valence-corrected chi connectivity index (χ3v) is 4.36. The van der Waals surface area contributed by atoms with Gasteiger partial charge in [0.05, 0.1) is 0 Å². The van der Waals surface area contributed by atoms with Crippen LogP contribution in [0.4, 0.5) is 0 Å². The zero-order valence-electron chi connectivity index (χ0n) is 15.0. The summed E-state index contributed by atoms with van der Waals surface area (Å²) in [5.74, 6) is 0.282. The highest BCUT2D eigenvalue weighted by Gasteiger charge is 2.16. The predicted octanol–water partition coefficient (Wildman–Crippen LogP) is 5.22. The normalized spacial score (nSPS) is 11.4. The summed E-state index contributed by atoms with van der Waals surface area (Å²) in [5.41, 5.74) is 3.39. The van der Waals surface area contributed by atoms with Gasteiger partial charge in [0.1, 0.15) is 0 Å². The zero-order chi connectivity index (χ0) is 18.7. The van der Waals surface area contributed by atoms with Crippen LogP contribution in [-0.4, -0.2) is 11.1 Å². The van der Waals surface area contributed by atoms with E-state index in [0.29, 0.717) is 17.3 Å². The van der Waals surface area contributed by atoms with Crippen LogP contribution < -0.4 is 5.32 Å². The molecule has 0 unspecified atom stereocenters. The molecule has 4 nitrogen and oxygen atoms in total. The van der Waals surface area contributed by atoms with Gasteiger partial charge in [-0.15, -0.1) is 0 Å². The van der Waals surface area contributed by atoms with E-state index in [2.05, 4.69) is 43.4 Å². The van der Waals surface area contributed by atoms with E-state index in [9.17, 15) is 4.79 Å². The highest BCUT2D eigenvalue weighted by Crippen LogP contribution is 2.26. The van der Waals surface area contributed by atoms with Gasteiger partial charge in [-0.3, -0.25) is 4.79 Å². The van der Waals surface area contributed by atoms with Crippen molar-refractivity contribution in [3.63, 3.8) is 0 Å². The molecular weight excluding hydrogens is 348 g/mol. The van der Waals surface area contributed by atoms with E-state index in [0.717, 1.165) is 11.1 Å². The molecule has 3 rings (SSSR count). The summed E-state index contributed by atoms with van der Waals surface area (Å²) >= 11 is 5.95. The van der Waals surface area contributed by atoms with Crippen molar-refractivity contribution in [1.29, 1.82) is 0 Å². The maximum atomic E-state index is 12.3. The number of hydrogen-bond acceptors (Lipinski definition) is 3. The fourth-order valence-electron chi connectivity index (χ4n) is 2.57. The maximum Gasteiger partial charge on any atom is 0.273 e. The molecule has 5 heteroatoms. The Morgan fingerprint density at radius 1 is 1.12 bits per heavy atom. The molecule has 134 valence electrons. The largest absolute Gasteiger partial charge is 0.355 e. The Balaban J connectivity index is 1.68. The Hall–Kier alpha value is -2.59. The molecule has 0 fully saturated rings. The summed E-state index contributed by atoms with van der Waals surface area (Å²) in [5, 5.41) is 7.33. The fraction of sp³-hybridized carbons (Fsp3) is 0.238. The number of benzene rings is 2. The lowest BCUT2D eigenvalue weighted by Crippen LogP contribution is -2.22. The fourth-order valence-corrected chi connectivity index (χ4v) is 2.79. The Bertz CT molecular complexity index is 908. The average Bonchev–Trinajstić information content (AvgIpc) is 3.09. The molecule has 1 amide bonds. The second-order valence-electron chi connectivity index (χ2n) is 7.22. The predicted molar refractivity (Wildman–Crippen MR) is 103 cm³/mol. The van der Waals surface area contributed by atoms with Crippen molar-refractivity contribution < 1.29 is 9.32 Å². The van der Waals surface area contributed by atoms with Gasteiger partial charge in [-0.2, -0.15) is 0 Å². The molecule has 0 aliphatic rings. The van der Waals surface area contributed by atoms with Gasteiger partial charge in [-0.1, -0.05) is 73.9 Å². The third kappa shape index (κ3) is 4.33. The minimum absolute atomic E-state index is 0.0886. The lowest BCUT2D eigenvalue weighted by molar-refractivity contribution is 0.0942. The van der Waals surface area contributed by atoms with Crippen molar-refractivity contribution in [2.24, 2.45) is 0 Å². The van der Waals surface area contributed by atoms with E-state index in [-0.39, 0.29) is 17.0 Å². The monoisotopic (exact) mass is 368 g/mol. The first kappa shape index (κ1) is 18.2. The lowest BCUT2D eigenvalue weighted by atomic mass is 9.86. The number of rotatable bonds is 4. The standard InChI is InChI=1S/C21H21ClN2O2/c1-21(2,3)16-9-7-15(8-10-16)19-12-18(24-26-19)20(25)23-13-14-5-4-6-17(22)11-14/h4-12H,13H2,1-3H3,(H,23,25). The van der Waals surface area contributed by atoms with Crippen LogP contribution in [0.25, 0.3) is 11.3 Å². The molecule has 26 heavy (non-hydrogen) atoms. The van der Waals surface area contributed by atoms with Gasteiger partial charge in [-0.25, -0.2) is 0 Å². The van der Waals surface area contributed by atoms with E-state index in [4.69, 9.17) is 16.1 Å². The van der Waals surface area contributed by atoms with E-state index in [1.54, 1.807) is 12.1 Å². The number of halogens is 1. The van der Waals surface area contributed by atoms with Crippen LogP contribution >= 0.6 is 11.6 Å². The number of amides is 1. The van der Waals surface area contributed by atoms with Crippen molar-refractivity contribution in [2.75, 3.05) is 0 Å². The van der Waals surface area contributed by atoms with Crippen molar-refractivity contribution in [1.82, 2.24) is 10.5 Å². The van der Waals surface area contributed by atoms with Gasteiger partial charge < -0.3 is 9.84 Å². The first-order valence-corrected chi connectivity index (χ1v) is 8.81. The molecule has 0 atom stereocenters. The summed E-state index contributed by atoms with van der Waals surface area (Å²) in [6, 6.07) is 17.1. The van der Waals surface area contributed by atoms with E-state index >= 15 is 0 Å². The quantitative estimate of drug-likeness (QED) is 0.686. The van der Waals surface area contributed by atoms with Gasteiger partial charge in [0.25, 0.3) is 5.91 Å². The number of carbonyl (C=O) groups is 1. The number of nitrogens with one attached hydrogen (secondary N) is 1. The Morgan fingerprint density at radius 2 is 1.85 bits per heavy atom. The highest BCUT2D eigenvalue weighted by molar-refractivity contribution is 6.30. The number of aromatic nitrogens is 1. The zero-order valence-corrected chi connectivity index (χ0v) is 15.8. The van der Waals surface area contributed by atoms with E-state index in [1.807, 2.05) is 30.3 Å². The van der Waals surface area contributed by atoms with Crippen LogP contribution in [0.15, 0.2) is 59.1 Å². The van der Waals surface area contributed by atoms with Crippen LogP contribution in [0.2, 0.25) is 5.02 Å². The molecule has 0 saturated carbocycles. The first-order valence-electron chi connectivity index (χ1n) is 8.43. The SMILES string of the molecule is CC(C)(C)c1ccc(-c2cc(C(=O)NCc3cccc(Cl)c3)no2)cc1. The number of nitrogens with zero attached hydrogens (tertiary/aromatic N) is 1. The molecule has 0 aliphatic carbocycles. The van der Waals surface area contributed by atoms with Crippen LogP contribution in [0.5, 0.6) is 0 Å². The molecular formula is C21H21ClN2O2. The van der Waals surface area contributed by atoms with Gasteiger partial charge in [0, 0.05) is 23.2 Å². The minimum atomic E-state index is -0.286. The van der Waals surface area contributed by atoms with Crippen molar-refractivity contribution in [2.45, 2.75) is 32.7 Å². The molecule has 1 aromatic heterocycles. The summed E-state index contributed by atoms with van der Waals surface area (Å²) in [6.45, 7) is 6.87.